The van der Waals surface area contributed by atoms with Crippen LogP contribution in [-0.2, 0) is 4.79 Å². The van der Waals surface area contributed by atoms with Gasteiger partial charge in [-0.25, -0.2) is 13.2 Å². The summed E-state index contributed by atoms with van der Waals surface area (Å²) in [4.78, 5) is 10.2. The van der Waals surface area contributed by atoms with E-state index >= 15 is 0 Å². The summed E-state index contributed by atoms with van der Waals surface area (Å²) in [6.07, 6.45) is 7.43. The minimum Gasteiger partial charge on any atom is -0.299 e. The molecule has 102 valence electrons. The molecule has 0 saturated heterocycles. The second-order valence-corrected chi connectivity index (χ2v) is 4.93. The van der Waals surface area contributed by atoms with Crippen LogP contribution in [0.1, 0.15) is 37.2 Å². The first-order valence-corrected chi connectivity index (χ1v) is 6.38. The van der Waals surface area contributed by atoms with Gasteiger partial charge in [-0.3, -0.25) is 4.79 Å². The van der Waals surface area contributed by atoms with E-state index in [0.717, 1.165) is 44.1 Å². The van der Waals surface area contributed by atoms with E-state index in [4.69, 9.17) is 0 Å². The van der Waals surface area contributed by atoms with Crippen molar-refractivity contribution in [2.75, 3.05) is 0 Å². The molecular formula is C15H15F3O. The highest BCUT2D eigenvalue weighted by molar-refractivity contribution is 5.64. The van der Waals surface area contributed by atoms with E-state index in [1.165, 1.54) is 6.08 Å². The van der Waals surface area contributed by atoms with Crippen LogP contribution in [0.2, 0.25) is 0 Å². The monoisotopic (exact) mass is 268 g/mol. The lowest BCUT2D eigenvalue weighted by molar-refractivity contribution is -0.104. The molecule has 0 heterocycles. The molecule has 1 aromatic carbocycles. The Balaban J connectivity index is 2.05. The first kappa shape index (κ1) is 13.8. The molecule has 2 rings (SSSR count). The van der Waals surface area contributed by atoms with Crippen LogP contribution in [0.4, 0.5) is 13.2 Å². The molecule has 1 fully saturated rings. The second-order valence-electron chi connectivity index (χ2n) is 4.93. The predicted molar refractivity (Wildman–Crippen MR) is 66.2 cm³/mol. The Hall–Kier alpha value is -1.58. The first-order valence-electron chi connectivity index (χ1n) is 6.38. The zero-order chi connectivity index (χ0) is 13.8. The van der Waals surface area contributed by atoms with Crippen LogP contribution in [0.15, 0.2) is 24.3 Å². The van der Waals surface area contributed by atoms with Gasteiger partial charge in [0, 0.05) is 0 Å². The molecule has 19 heavy (non-hydrogen) atoms. The summed E-state index contributed by atoms with van der Waals surface area (Å²) < 4.78 is 39.2. The summed E-state index contributed by atoms with van der Waals surface area (Å²) in [6.45, 7) is 0. The maximum absolute atomic E-state index is 13.2. The molecule has 0 bridgehead atoms. The molecule has 0 amide bonds. The molecule has 4 heteroatoms. The molecule has 0 radical (unpaired) electrons. The number of benzene rings is 1. The van der Waals surface area contributed by atoms with E-state index in [2.05, 4.69) is 0 Å². The fraction of sp³-hybridized carbons (Fsp3) is 0.400. The summed E-state index contributed by atoms with van der Waals surface area (Å²) in [5.41, 5.74) is 0.522. The summed E-state index contributed by atoms with van der Waals surface area (Å²) in [6, 6.07) is 2.18. The fourth-order valence-electron chi connectivity index (χ4n) is 2.66. The summed E-state index contributed by atoms with van der Waals surface area (Å²) >= 11 is 0. The predicted octanol–water partition coefficient (Wildman–Crippen LogP) is 4.13. The largest absolute Gasteiger partial charge is 0.299 e. The van der Waals surface area contributed by atoms with Gasteiger partial charge in [0.2, 0.25) is 0 Å². The van der Waals surface area contributed by atoms with Crippen LogP contribution in [0.3, 0.4) is 0 Å². The Kier molecular flexibility index (Phi) is 4.40. The van der Waals surface area contributed by atoms with Crippen molar-refractivity contribution in [2.45, 2.75) is 31.6 Å². The smallest absolute Gasteiger partial charge is 0.194 e. The Morgan fingerprint density at radius 2 is 1.58 bits per heavy atom. The Morgan fingerprint density at radius 1 is 1.00 bits per heavy atom. The van der Waals surface area contributed by atoms with Crippen LogP contribution >= 0.6 is 0 Å². The lowest BCUT2D eigenvalue weighted by atomic mass is 9.78. The van der Waals surface area contributed by atoms with Crippen LogP contribution < -0.4 is 0 Å². The lowest BCUT2D eigenvalue weighted by Crippen LogP contribution is -2.12. The Bertz CT molecular complexity index is 465. The molecular weight excluding hydrogens is 253 g/mol. The molecule has 1 aromatic rings. The minimum atomic E-state index is -1.41. The van der Waals surface area contributed by atoms with Crippen molar-refractivity contribution >= 4 is 6.29 Å². The number of aldehydes is 1. The van der Waals surface area contributed by atoms with Crippen LogP contribution in [-0.4, -0.2) is 6.29 Å². The summed E-state index contributed by atoms with van der Waals surface area (Å²) in [7, 11) is 0. The SMILES string of the molecule is O=C/C=C/C1CCC(c2cc(F)c(F)c(F)c2)CC1. The molecule has 1 aliphatic rings. The number of hydrogen-bond acceptors (Lipinski definition) is 1. The Labute approximate surface area is 110 Å². The van der Waals surface area contributed by atoms with Gasteiger partial charge in [-0.15, -0.1) is 0 Å². The average Bonchev–Trinajstić information content (AvgIpc) is 2.42. The molecule has 1 saturated carbocycles. The van der Waals surface area contributed by atoms with Crippen molar-refractivity contribution in [3.63, 3.8) is 0 Å². The number of carbonyl (C=O) groups is 1. The van der Waals surface area contributed by atoms with Gasteiger partial charge in [0.1, 0.15) is 6.29 Å². The number of allylic oxidation sites excluding steroid dienone is 2. The highest BCUT2D eigenvalue weighted by Crippen LogP contribution is 2.37. The molecule has 0 atom stereocenters. The van der Waals surface area contributed by atoms with E-state index in [-0.39, 0.29) is 5.92 Å². The fourth-order valence-corrected chi connectivity index (χ4v) is 2.66. The molecule has 0 N–H and O–H groups in total. The number of hydrogen-bond donors (Lipinski definition) is 0. The normalized spacial score (nSPS) is 23.7. The van der Waals surface area contributed by atoms with Crippen molar-refractivity contribution in [1.29, 1.82) is 0 Å². The van der Waals surface area contributed by atoms with Gasteiger partial charge in [0.25, 0.3) is 0 Å². The second kappa shape index (κ2) is 6.04. The van der Waals surface area contributed by atoms with E-state index in [0.29, 0.717) is 11.5 Å². The summed E-state index contributed by atoms with van der Waals surface area (Å²) in [5.74, 6) is -3.26. The molecule has 0 aliphatic heterocycles. The molecule has 0 spiro atoms. The zero-order valence-corrected chi connectivity index (χ0v) is 10.4. The third kappa shape index (κ3) is 3.25. The number of rotatable bonds is 3. The minimum absolute atomic E-state index is 0.0606. The van der Waals surface area contributed by atoms with Gasteiger partial charge >= 0.3 is 0 Å². The van der Waals surface area contributed by atoms with E-state index in [9.17, 15) is 18.0 Å². The van der Waals surface area contributed by atoms with Crippen molar-refractivity contribution in [3.05, 3.63) is 47.3 Å². The number of halogens is 3. The maximum atomic E-state index is 13.2. The van der Waals surface area contributed by atoms with Gasteiger partial charge in [-0.1, -0.05) is 6.08 Å². The number of carbonyl (C=O) groups excluding carboxylic acids is 1. The van der Waals surface area contributed by atoms with Gasteiger partial charge in [0.15, 0.2) is 17.5 Å². The third-order valence-electron chi connectivity index (χ3n) is 3.71. The van der Waals surface area contributed by atoms with E-state index in [1.807, 2.05) is 6.08 Å². The maximum Gasteiger partial charge on any atom is 0.194 e. The first-order chi connectivity index (χ1) is 9.11. The van der Waals surface area contributed by atoms with Gasteiger partial charge in [-0.2, -0.15) is 0 Å². The van der Waals surface area contributed by atoms with Crippen molar-refractivity contribution in [1.82, 2.24) is 0 Å². The third-order valence-corrected chi connectivity index (χ3v) is 3.71. The highest BCUT2D eigenvalue weighted by Gasteiger charge is 2.23. The van der Waals surface area contributed by atoms with Crippen molar-refractivity contribution < 1.29 is 18.0 Å². The molecule has 1 aliphatic carbocycles. The van der Waals surface area contributed by atoms with Crippen LogP contribution in [0.25, 0.3) is 0 Å². The molecule has 1 nitrogen and oxygen atoms in total. The standard InChI is InChI=1S/C15H15F3O/c16-13-8-12(9-14(17)15(13)18)11-5-3-10(4-6-11)2-1-7-19/h1-2,7-11H,3-6H2/b2-1+. The topological polar surface area (TPSA) is 17.1 Å². The molecule has 0 aromatic heterocycles. The van der Waals surface area contributed by atoms with E-state index < -0.39 is 17.5 Å². The average molecular weight is 268 g/mol. The van der Waals surface area contributed by atoms with Crippen LogP contribution in [0, 0.1) is 23.4 Å². The molecule has 0 unspecified atom stereocenters. The van der Waals surface area contributed by atoms with Gasteiger partial charge in [0.05, 0.1) is 0 Å². The zero-order valence-electron chi connectivity index (χ0n) is 10.4. The van der Waals surface area contributed by atoms with Crippen molar-refractivity contribution in [3.8, 4) is 0 Å². The van der Waals surface area contributed by atoms with Gasteiger partial charge < -0.3 is 0 Å². The van der Waals surface area contributed by atoms with Gasteiger partial charge in [-0.05, 0) is 61.3 Å². The lowest BCUT2D eigenvalue weighted by Gasteiger charge is -2.27. The van der Waals surface area contributed by atoms with E-state index in [1.54, 1.807) is 0 Å². The van der Waals surface area contributed by atoms with Crippen molar-refractivity contribution in [2.24, 2.45) is 5.92 Å². The Morgan fingerprint density at radius 3 is 2.11 bits per heavy atom. The van der Waals surface area contributed by atoms with Crippen LogP contribution in [0.5, 0.6) is 0 Å². The quantitative estimate of drug-likeness (QED) is 0.457. The highest BCUT2D eigenvalue weighted by atomic mass is 19.2. The summed E-state index contributed by atoms with van der Waals surface area (Å²) in [5, 5.41) is 0.